The molecular formula is C28H31N3O7S. The Balaban J connectivity index is 1.29. The molecule has 0 bridgehead atoms. The first-order valence-electron chi connectivity index (χ1n) is 12.9. The van der Waals surface area contributed by atoms with E-state index in [2.05, 4.69) is 27.8 Å². The molecule has 2 aliphatic rings. The van der Waals surface area contributed by atoms with Gasteiger partial charge in [-0.2, -0.15) is 5.26 Å². The summed E-state index contributed by atoms with van der Waals surface area (Å²) in [6, 6.07) is 17.3. The van der Waals surface area contributed by atoms with Crippen LogP contribution in [-0.2, 0) is 14.8 Å². The fraction of sp³-hybridized carbons (Fsp3) is 0.393. The number of nitrogens with one attached hydrogen (secondary N) is 1. The van der Waals surface area contributed by atoms with Gasteiger partial charge < -0.3 is 29.4 Å². The Morgan fingerprint density at radius 3 is 2.54 bits per heavy atom. The Bertz CT molecular complexity index is 1500. The summed E-state index contributed by atoms with van der Waals surface area (Å²) in [4.78, 5) is 1.83. The first-order chi connectivity index (χ1) is 18.7. The second-order valence-electron chi connectivity index (χ2n) is 9.89. The van der Waals surface area contributed by atoms with Crippen LogP contribution in [0.3, 0.4) is 0 Å². The summed E-state index contributed by atoms with van der Waals surface area (Å²) in [5, 5.41) is 41.0. The van der Waals surface area contributed by atoms with E-state index in [1.165, 1.54) is 24.9 Å². The zero-order valence-electron chi connectivity index (χ0n) is 21.2. The molecule has 2 fully saturated rings. The fourth-order valence-electron chi connectivity index (χ4n) is 4.94. The van der Waals surface area contributed by atoms with Crippen molar-refractivity contribution in [2.24, 2.45) is 0 Å². The number of aliphatic hydroxyl groups excluding tert-OH is 3. The Hall–Kier alpha value is -3.24. The second-order valence-corrected chi connectivity index (χ2v) is 11.6. The predicted octanol–water partition coefficient (Wildman–Crippen LogP) is 2.36. The number of nitriles is 1. The third-order valence-corrected chi connectivity index (χ3v) is 8.54. The van der Waals surface area contributed by atoms with Crippen molar-refractivity contribution in [3.05, 3.63) is 59.2 Å². The standard InChI is InChI=1S/C28H31N3O7S/c29-15-23(39(35,36)30-16-26-28(34)27(33)24(32)17-37-26)14-22-8-9-25(38-22)20-5-4-19-13-21(7-6-18(19)12-20)31-10-2-1-3-11-31/h4-9,12-14,24,26-28,30,32-34H,1-3,10-11,16-17H2. The topological polar surface area (TPSA) is 156 Å². The number of sulfonamides is 1. The number of nitrogens with zero attached hydrogens (tertiary/aromatic N) is 2. The normalized spacial score (nSPS) is 24.6. The smallest absolute Gasteiger partial charge is 0.250 e. The van der Waals surface area contributed by atoms with Crippen LogP contribution in [-0.4, -0.2) is 74.4 Å². The number of benzene rings is 2. The van der Waals surface area contributed by atoms with Crippen LogP contribution in [0.25, 0.3) is 28.2 Å². The van der Waals surface area contributed by atoms with E-state index < -0.39 is 45.9 Å². The minimum atomic E-state index is -4.27. The van der Waals surface area contributed by atoms with Gasteiger partial charge in [0.1, 0.15) is 35.9 Å². The van der Waals surface area contributed by atoms with Crippen LogP contribution in [0.1, 0.15) is 25.0 Å². The maximum Gasteiger partial charge on any atom is 0.250 e. The fourth-order valence-corrected chi connectivity index (χ4v) is 5.87. The summed E-state index contributed by atoms with van der Waals surface area (Å²) >= 11 is 0. The Morgan fingerprint density at radius 2 is 1.77 bits per heavy atom. The van der Waals surface area contributed by atoms with Gasteiger partial charge >= 0.3 is 0 Å². The van der Waals surface area contributed by atoms with Gasteiger partial charge in [-0.15, -0.1) is 0 Å². The van der Waals surface area contributed by atoms with Crippen LogP contribution in [0.2, 0.25) is 0 Å². The molecule has 2 aromatic carbocycles. The summed E-state index contributed by atoms with van der Waals surface area (Å²) < 4.78 is 38.7. The lowest BCUT2D eigenvalue weighted by Crippen LogP contribution is -2.56. The summed E-state index contributed by atoms with van der Waals surface area (Å²) in [6.45, 7) is 1.50. The number of piperidine rings is 1. The third-order valence-electron chi connectivity index (χ3n) is 7.21. The van der Waals surface area contributed by atoms with E-state index in [-0.39, 0.29) is 12.4 Å². The van der Waals surface area contributed by atoms with Gasteiger partial charge in [-0.3, -0.25) is 0 Å². The van der Waals surface area contributed by atoms with Crippen LogP contribution in [0, 0.1) is 11.3 Å². The molecule has 206 valence electrons. The molecule has 1 aromatic heterocycles. The minimum absolute atomic E-state index is 0.181. The number of fused-ring (bicyclic) bond motifs is 1. The Morgan fingerprint density at radius 1 is 1.03 bits per heavy atom. The van der Waals surface area contributed by atoms with Crippen LogP contribution < -0.4 is 9.62 Å². The van der Waals surface area contributed by atoms with E-state index in [4.69, 9.17) is 9.15 Å². The minimum Gasteiger partial charge on any atom is -0.457 e. The summed E-state index contributed by atoms with van der Waals surface area (Å²) in [7, 11) is -4.27. The molecule has 11 heteroatoms. The molecule has 0 spiro atoms. The zero-order valence-corrected chi connectivity index (χ0v) is 22.0. The average Bonchev–Trinajstić information content (AvgIpc) is 3.43. The van der Waals surface area contributed by atoms with Crippen molar-refractivity contribution in [3.63, 3.8) is 0 Å². The Kier molecular flexibility index (Phi) is 8.04. The highest BCUT2D eigenvalue weighted by Gasteiger charge is 2.38. The first kappa shape index (κ1) is 27.3. The van der Waals surface area contributed by atoms with Gasteiger partial charge in [0.05, 0.1) is 12.7 Å². The molecule has 0 amide bonds. The average molecular weight is 554 g/mol. The van der Waals surface area contributed by atoms with E-state index in [9.17, 15) is 29.0 Å². The number of hydrogen-bond donors (Lipinski definition) is 4. The van der Waals surface area contributed by atoms with Crippen molar-refractivity contribution in [1.82, 2.24) is 4.72 Å². The monoisotopic (exact) mass is 553 g/mol. The van der Waals surface area contributed by atoms with Gasteiger partial charge in [0, 0.05) is 37.0 Å². The van der Waals surface area contributed by atoms with Gasteiger partial charge in [0.2, 0.25) is 0 Å². The number of anilines is 1. The molecular weight excluding hydrogens is 522 g/mol. The van der Waals surface area contributed by atoms with E-state index in [1.54, 1.807) is 18.2 Å². The lowest BCUT2D eigenvalue weighted by molar-refractivity contribution is -0.184. The van der Waals surface area contributed by atoms with Crippen LogP contribution in [0.4, 0.5) is 5.69 Å². The van der Waals surface area contributed by atoms with Crippen molar-refractivity contribution < 1.29 is 32.9 Å². The summed E-state index contributed by atoms with van der Waals surface area (Å²) in [5.41, 5.74) is 2.04. The molecule has 0 saturated carbocycles. The highest BCUT2D eigenvalue weighted by atomic mass is 32.2. The molecule has 0 aliphatic carbocycles. The molecule has 3 heterocycles. The molecule has 39 heavy (non-hydrogen) atoms. The van der Waals surface area contributed by atoms with Crippen LogP contribution in [0.15, 0.2) is 57.9 Å². The van der Waals surface area contributed by atoms with Crippen molar-refractivity contribution in [1.29, 1.82) is 5.26 Å². The predicted molar refractivity (Wildman–Crippen MR) is 146 cm³/mol. The number of hydrogen-bond acceptors (Lipinski definition) is 9. The SMILES string of the molecule is N#CC(=Cc1ccc(-c2ccc3cc(N4CCCCC4)ccc3c2)o1)S(=O)(=O)NCC1OCC(O)C(O)C1O. The molecule has 0 radical (unpaired) electrons. The summed E-state index contributed by atoms with van der Waals surface area (Å²) in [6.07, 6.45) is -0.483. The largest absolute Gasteiger partial charge is 0.457 e. The third kappa shape index (κ3) is 6.01. The molecule has 2 aliphatic heterocycles. The van der Waals surface area contributed by atoms with Gasteiger partial charge in [0.15, 0.2) is 4.91 Å². The van der Waals surface area contributed by atoms with Crippen molar-refractivity contribution in [3.8, 4) is 17.4 Å². The van der Waals surface area contributed by atoms with E-state index in [1.807, 2.05) is 18.2 Å². The number of allylic oxidation sites excluding steroid dienone is 1. The zero-order chi connectivity index (χ0) is 27.6. The number of rotatable bonds is 7. The highest BCUT2D eigenvalue weighted by molar-refractivity contribution is 7.93. The quantitative estimate of drug-likeness (QED) is 0.323. The maximum absolute atomic E-state index is 12.7. The van der Waals surface area contributed by atoms with E-state index >= 15 is 0 Å². The van der Waals surface area contributed by atoms with Crippen molar-refractivity contribution in [2.45, 2.75) is 43.7 Å². The first-order valence-corrected chi connectivity index (χ1v) is 14.4. The van der Waals surface area contributed by atoms with Crippen LogP contribution in [0.5, 0.6) is 0 Å². The molecule has 4 unspecified atom stereocenters. The number of aliphatic hydroxyl groups is 3. The van der Waals surface area contributed by atoms with Gasteiger partial charge in [0.25, 0.3) is 10.0 Å². The lowest BCUT2D eigenvalue weighted by Gasteiger charge is -2.35. The summed E-state index contributed by atoms with van der Waals surface area (Å²) in [5.74, 6) is 0.706. The molecule has 10 nitrogen and oxygen atoms in total. The van der Waals surface area contributed by atoms with Gasteiger partial charge in [-0.05, 0) is 60.4 Å². The van der Waals surface area contributed by atoms with E-state index in [0.717, 1.165) is 35.5 Å². The molecule has 4 N–H and O–H groups in total. The van der Waals surface area contributed by atoms with Gasteiger partial charge in [-0.1, -0.05) is 18.2 Å². The van der Waals surface area contributed by atoms with Gasteiger partial charge in [-0.25, -0.2) is 13.1 Å². The molecule has 4 atom stereocenters. The number of furan rings is 1. The highest BCUT2D eigenvalue weighted by Crippen LogP contribution is 2.30. The molecule has 5 rings (SSSR count). The van der Waals surface area contributed by atoms with Crippen LogP contribution >= 0.6 is 0 Å². The second kappa shape index (κ2) is 11.5. The molecule has 3 aromatic rings. The van der Waals surface area contributed by atoms with Crippen molar-refractivity contribution >= 4 is 32.6 Å². The Labute approximate surface area is 226 Å². The maximum atomic E-state index is 12.7. The van der Waals surface area contributed by atoms with E-state index in [0.29, 0.717) is 5.76 Å². The molecule has 2 saturated heterocycles. The van der Waals surface area contributed by atoms with Crippen molar-refractivity contribution in [2.75, 3.05) is 31.1 Å². The number of ether oxygens (including phenoxy) is 1. The lowest BCUT2D eigenvalue weighted by atomic mass is 10.0.